The molecule has 0 saturated carbocycles. The Balaban J connectivity index is 2.10. The lowest BCUT2D eigenvalue weighted by Crippen LogP contribution is -2.47. The van der Waals surface area contributed by atoms with Gasteiger partial charge in [-0.25, -0.2) is 8.42 Å². The van der Waals surface area contributed by atoms with Gasteiger partial charge in [0.15, 0.2) is 0 Å². The zero-order valence-corrected chi connectivity index (χ0v) is 16.1. The molecule has 0 bridgehead atoms. The molecule has 130 valence electrons. The van der Waals surface area contributed by atoms with Crippen LogP contribution in [-0.2, 0) is 22.0 Å². The summed E-state index contributed by atoms with van der Waals surface area (Å²) < 4.78 is 24.8. The lowest BCUT2D eigenvalue weighted by atomic mass is 9.83. The van der Waals surface area contributed by atoms with Crippen molar-refractivity contribution in [3.05, 3.63) is 34.4 Å². The molecule has 0 atom stereocenters. The number of sulfonamides is 1. The van der Waals surface area contributed by atoms with Crippen molar-refractivity contribution in [2.24, 2.45) is 0 Å². The minimum Gasteiger partial charge on any atom is -0.296 e. The van der Waals surface area contributed by atoms with Crippen LogP contribution in [0.5, 0.6) is 0 Å². The molecule has 4 nitrogen and oxygen atoms in total. The van der Waals surface area contributed by atoms with E-state index in [1.165, 1.54) is 28.5 Å². The summed E-state index contributed by atoms with van der Waals surface area (Å²) in [5, 5.41) is 0. The van der Waals surface area contributed by atoms with Gasteiger partial charge in [-0.05, 0) is 41.5 Å². The van der Waals surface area contributed by atoms with E-state index in [-0.39, 0.29) is 5.41 Å². The van der Waals surface area contributed by atoms with Crippen LogP contribution in [0, 0.1) is 13.8 Å². The van der Waals surface area contributed by atoms with Gasteiger partial charge in [0, 0.05) is 32.7 Å². The van der Waals surface area contributed by atoms with E-state index in [1.54, 1.807) is 4.31 Å². The highest BCUT2D eigenvalue weighted by Gasteiger charge is 2.24. The summed E-state index contributed by atoms with van der Waals surface area (Å²) in [5.74, 6) is 0. The highest BCUT2D eigenvalue weighted by Crippen LogP contribution is 2.27. The van der Waals surface area contributed by atoms with Crippen LogP contribution in [0.25, 0.3) is 0 Å². The Morgan fingerprint density at radius 1 is 1.00 bits per heavy atom. The molecule has 1 aromatic carbocycles. The Bertz CT molecular complexity index is 644. The Kier molecular flexibility index (Phi) is 5.24. The summed E-state index contributed by atoms with van der Waals surface area (Å²) >= 11 is 0. The number of rotatable bonds is 3. The van der Waals surface area contributed by atoms with E-state index < -0.39 is 10.0 Å². The van der Waals surface area contributed by atoms with Crippen LogP contribution in [0.4, 0.5) is 0 Å². The Morgan fingerprint density at radius 2 is 1.48 bits per heavy atom. The maximum absolute atomic E-state index is 11.6. The van der Waals surface area contributed by atoms with E-state index in [1.807, 2.05) is 0 Å². The molecule has 1 aromatic rings. The van der Waals surface area contributed by atoms with Gasteiger partial charge in [0.2, 0.25) is 10.0 Å². The highest BCUT2D eigenvalue weighted by atomic mass is 32.2. The minimum absolute atomic E-state index is 0.162. The summed E-state index contributed by atoms with van der Waals surface area (Å²) in [6, 6.07) is 4.60. The first-order valence-electron chi connectivity index (χ1n) is 8.26. The van der Waals surface area contributed by atoms with Gasteiger partial charge in [0.1, 0.15) is 0 Å². The molecule has 0 spiro atoms. The van der Waals surface area contributed by atoms with E-state index in [9.17, 15) is 8.42 Å². The molecule has 1 heterocycles. The Labute approximate surface area is 141 Å². The van der Waals surface area contributed by atoms with E-state index in [2.05, 4.69) is 51.7 Å². The third-order valence-electron chi connectivity index (χ3n) is 4.74. The summed E-state index contributed by atoms with van der Waals surface area (Å²) in [4.78, 5) is 2.35. The Hall–Kier alpha value is -0.910. The fourth-order valence-electron chi connectivity index (χ4n) is 3.12. The number of piperazine rings is 1. The summed E-state index contributed by atoms with van der Waals surface area (Å²) in [6.07, 6.45) is 1.29. The van der Waals surface area contributed by atoms with Crippen molar-refractivity contribution >= 4 is 10.0 Å². The molecule has 0 N–H and O–H groups in total. The topological polar surface area (TPSA) is 40.6 Å². The number of benzene rings is 1. The zero-order chi connectivity index (χ0) is 17.4. The molecule has 0 aliphatic carbocycles. The van der Waals surface area contributed by atoms with Gasteiger partial charge >= 0.3 is 0 Å². The van der Waals surface area contributed by atoms with Crippen molar-refractivity contribution in [3.8, 4) is 0 Å². The SMILES string of the molecule is Cc1cc(C(C)(C)C)cc(C)c1CN1CCN(S(C)(=O)=O)CC1. The Morgan fingerprint density at radius 3 is 1.87 bits per heavy atom. The lowest BCUT2D eigenvalue weighted by Gasteiger charge is -2.34. The van der Waals surface area contributed by atoms with Crippen molar-refractivity contribution in [2.75, 3.05) is 32.4 Å². The lowest BCUT2D eigenvalue weighted by molar-refractivity contribution is 0.181. The van der Waals surface area contributed by atoms with Crippen molar-refractivity contribution < 1.29 is 8.42 Å². The van der Waals surface area contributed by atoms with Gasteiger partial charge in [0.25, 0.3) is 0 Å². The maximum atomic E-state index is 11.6. The van der Waals surface area contributed by atoms with Gasteiger partial charge in [-0.2, -0.15) is 4.31 Å². The van der Waals surface area contributed by atoms with Gasteiger partial charge in [-0.3, -0.25) is 4.90 Å². The van der Waals surface area contributed by atoms with Crippen LogP contribution in [-0.4, -0.2) is 50.1 Å². The third kappa shape index (κ3) is 4.55. The average molecular weight is 339 g/mol. The molecular formula is C18H30N2O2S. The van der Waals surface area contributed by atoms with Crippen molar-refractivity contribution in [3.63, 3.8) is 0 Å². The molecule has 0 unspecified atom stereocenters. The summed E-state index contributed by atoms with van der Waals surface area (Å²) in [6.45, 7) is 14.8. The minimum atomic E-state index is -3.05. The van der Waals surface area contributed by atoms with Crippen molar-refractivity contribution in [1.29, 1.82) is 0 Å². The fourth-order valence-corrected chi connectivity index (χ4v) is 3.95. The molecule has 2 rings (SSSR count). The molecule has 1 fully saturated rings. The molecule has 1 saturated heterocycles. The second kappa shape index (κ2) is 6.54. The fraction of sp³-hybridized carbons (Fsp3) is 0.667. The molecule has 0 amide bonds. The third-order valence-corrected chi connectivity index (χ3v) is 6.05. The molecular weight excluding hydrogens is 308 g/mol. The second-order valence-electron chi connectivity index (χ2n) is 7.78. The number of aryl methyl sites for hydroxylation is 2. The van der Waals surface area contributed by atoms with Crippen molar-refractivity contribution in [1.82, 2.24) is 9.21 Å². The molecule has 5 heteroatoms. The monoisotopic (exact) mass is 338 g/mol. The summed E-state index contributed by atoms with van der Waals surface area (Å²) in [5.41, 5.74) is 5.58. The van der Waals surface area contributed by atoms with E-state index in [0.29, 0.717) is 13.1 Å². The molecule has 23 heavy (non-hydrogen) atoms. The first-order chi connectivity index (χ1) is 10.5. The van der Waals surface area contributed by atoms with Crippen LogP contribution >= 0.6 is 0 Å². The number of nitrogens with zero attached hydrogens (tertiary/aromatic N) is 2. The number of hydrogen-bond donors (Lipinski definition) is 0. The van der Waals surface area contributed by atoms with Crippen LogP contribution in [0.15, 0.2) is 12.1 Å². The van der Waals surface area contributed by atoms with Gasteiger partial charge < -0.3 is 0 Å². The first-order valence-corrected chi connectivity index (χ1v) is 10.1. The molecule has 1 aliphatic rings. The molecule has 0 aromatic heterocycles. The van der Waals surface area contributed by atoms with Crippen LogP contribution in [0.2, 0.25) is 0 Å². The second-order valence-corrected chi connectivity index (χ2v) is 9.76. The zero-order valence-electron chi connectivity index (χ0n) is 15.3. The first kappa shape index (κ1) is 18.4. The predicted octanol–water partition coefficient (Wildman–Crippen LogP) is 2.68. The largest absolute Gasteiger partial charge is 0.296 e. The van der Waals surface area contributed by atoms with Crippen molar-refractivity contribution in [2.45, 2.75) is 46.6 Å². The standard InChI is InChI=1S/C18H30N2O2S/c1-14-11-16(18(3,4)5)12-15(2)17(14)13-19-7-9-20(10-8-19)23(6,21)22/h11-12H,7-10,13H2,1-6H3. The van der Waals surface area contributed by atoms with E-state index >= 15 is 0 Å². The normalized spacial score (nSPS) is 18.3. The quantitative estimate of drug-likeness (QED) is 0.851. The average Bonchev–Trinajstić information content (AvgIpc) is 2.41. The van der Waals surface area contributed by atoms with Gasteiger partial charge in [-0.15, -0.1) is 0 Å². The van der Waals surface area contributed by atoms with Crippen LogP contribution in [0.1, 0.15) is 43.0 Å². The van der Waals surface area contributed by atoms with Gasteiger partial charge in [-0.1, -0.05) is 32.9 Å². The van der Waals surface area contributed by atoms with E-state index in [4.69, 9.17) is 0 Å². The van der Waals surface area contributed by atoms with Crippen LogP contribution < -0.4 is 0 Å². The van der Waals surface area contributed by atoms with Crippen LogP contribution in [0.3, 0.4) is 0 Å². The smallest absolute Gasteiger partial charge is 0.211 e. The van der Waals surface area contributed by atoms with Gasteiger partial charge in [0.05, 0.1) is 6.26 Å². The predicted molar refractivity (Wildman–Crippen MR) is 96.3 cm³/mol. The molecule has 0 radical (unpaired) electrons. The maximum Gasteiger partial charge on any atom is 0.211 e. The highest BCUT2D eigenvalue weighted by molar-refractivity contribution is 7.88. The molecule has 1 aliphatic heterocycles. The number of hydrogen-bond acceptors (Lipinski definition) is 3. The van der Waals surface area contributed by atoms with E-state index in [0.717, 1.165) is 19.6 Å². The summed E-state index contributed by atoms with van der Waals surface area (Å²) in [7, 11) is -3.05.